The Labute approximate surface area is 48.9 Å². The van der Waals surface area contributed by atoms with E-state index in [2.05, 4.69) is 0 Å². The molecule has 0 bridgehead atoms. The van der Waals surface area contributed by atoms with Gasteiger partial charge < -0.3 is 0 Å². The van der Waals surface area contributed by atoms with E-state index in [1.807, 2.05) is 13.0 Å². The van der Waals surface area contributed by atoms with E-state index in [0.29, 0.717) is 6.42 Å². The topological polar surface area (TPSA) is 23.8 Å². The molecule has 0 aromatic rings. The number of nitrogens with zero attached hydrogens (tertiary/aromatic N) is 1. The SMILES string of the molecule is CC[C@@H](Cl)CC#N. The lowest BCUT2D eigenvalue weighted by Crippen LogP contribution is -1.91. The molecule has 0 radical (unpaired) electrons. The third-order valence-electron chi connectivity index (χ3n) is 0.756. The maximum atomic E-state index is 8.03. The van der Waals surface area contributed by atoms with Gasteiger partial charge in [-0.25, -0.2) is 0 Å². The standard InChI is InChI=1S/C5H8ClN/c1-2-5(6)3-4-7/h5H,2-3H2,1H3/t5-/m1/s1. The zero-order chi connectivity index (χ0) is 5.70. The minimum atomic E-state index is 0.0602. The Balaban J connectivity index is 3.03. The van der Waals surface area contributed by atoms with Gasteiger partial charge in [0.05, 0.1) is 12.5 Å². The molecule has 1 atom stereocenters. The van der Waals surface area contributed by atoms with Gasteiger partial charge in [0.1, 0.15) is 0 Å². The maximum Gasteiger partial charge on any atom is 0.0637 e. The van der Waals surface area contributed by atoms with Crippen LogP contribution in [0, 0.1) is 11.3 Å². The van der Waals surface area contributed by atoms with Crippen LogP contribution in [0.5, 0.6) is 0 Å². The van der Waals surface area contributed by atoms with Crippen molar-refractivity contribution in [3.05, 3.63) is 0 Å². The second-order valence-electron chi connectivity index (χ2n) is 1.37. The minimum Gasteiger partial charge on any atom is -0.198 e. The molecule has 2 heteroatoms. The van der Waals surface area contributed by atoms with E-state index < -0.39 is 0 Å². The molecule has 0 saturated heterocycles. The molecule has 0 aliphatic rings. The van der Waals surface area contributed by atoms with Crippen molar-refractivity contribution in [2.24, 2.45) is 0 Å². The zero-order valence-corrected chi connectivity index (χ0v) is 5.07. The Hall–Kier alpha value is -0.220. The number of rotatable bonds is 2. The molecule has 0 aromatic heterocycles. The van der Waals surface area contributed by atoms with Crippen LogP contribution in [0.4, 0.5) is 0 Å². The average Bonchev–Trinajstić information content (AvgIpc) is 1.68. The van der Waals surface area contributed by atoms with Gasteiger partial charge >= 0.3 is 0 Å². The molecule has 0 aliphatic carbocycles. The third-order valence-corrected chi connectivity index (χ3v) is 1.22. The fourth-order valence-electron chi connectivity index (χ4n) is 0.243. The van der Waals surface area contributed by atoms with Crippen LogP contribution in [0.2, 0.25) is 0 Å². The first-order valence-electron chi connectivity index (χ1n) is 2.32. The molecule has 0 aliphatic heterocycles. The summed E-state index contributed by atoms with van der Waals surface area (Å²) >= 11 is 5.54. The summed E-state index contributed by atoms with van der Waals surface area (Å²) in [6, 6.07) is 1.99. The van der Waals surface area contributed by atoms with E-state index in [0.717, 1.165) is 6.42 Å². The van der Waals surface area contributed by atoms with Gasteiger partial charge in [-0.05, 0) is 6.42 Å². The van der Waals surface area contributed by atoms with E-state index in [-0.39, 0.29) is 5.38 Å². The largest absolute Gasteiger partial charge is 0.198 e. The first kappa shape index (κ1) is 6.78. The molecule has 0 fully saturated rings. The summed E-state index contributed by atoms with van der Waals surface area (Å²) < 4.78 is 0. The van der Waals surface area contributed by atoms with Crippen molar-refractivity contribution in [3.8, 4) is 6.07 Å². The molecule has 0 spiro atoms. The lowest BCUT2D eigenvalue weighted by molar-refractivity contribution is 0.832. The summed E-state index contributed by atoms with van der Waals surface area (Å²) in [7, 11) is 0. The molecular weight excluding hydrogens is 110 g/mol. The molecule has 40 valence electrons. The van der Waals surface area contributed by atoms with E-state index in [4.69, 9.17) is 16.9 Å². The molecular formula is C5H8ClN. The minimum absolute atomic E-state index is 0.0602. The summed E-state index contributed by atoms with van der Waals surface area (Å²) in [5, 5.41) is 8.09. The van der Waals surface area contributed by atoms with E-state index in [1.54, 1.807) is 0 Å². The highest BCUT2D eigenvalue weighted by Gasteiger charge is 1.96. The van der Waals surface area contributed by atoms with Gasteiger partial charge in [0.15, 0.2) is 0 Å². The second kappa shape index (κ2) is 3.95. The molecule has 0 aromatic carbocycles. The van der Waals surface area contributed by atoms with Crippen molar-refractivity contribution in [1.82, 2.24) is 0 Å². The zero-order valence-electron chi connectivity index (χ0n) is 4.32. The molecule has 0 amide bonds. The van der Waals surface area contributed by atoms with E-state index in [9.17, 15) is 0 Å². The van der Waals surface area contributed by atoms with Crippen LogP contribution in [0.25, 0.3) is 0 Å². The summed E-state index contributed by atoms with van der Waals surface area (Å²) in [6.07, 6.45) is 1.35. The smallest absolute Gasteiger partial charge is 0.0637 e. The van der Waals surface area contributed by atoms with Crippen molar-refractivity contribution in [2.75, 3.05) is 0 Å². The fraction of sp³-hybridized carbons (Fsp3) is 0.800. The van der Waals surface area contributed by atoms with Gasteiger partial charge in [0, 0.05) is 5.38 Å². The monoisotopic (exact) mass is 117 g/mol. The predicted octanol–water partition coefficient (Wildman–Crippen LogP) is 1.92. The van der Waals surface area contributed by atoms with Gasteiger partial charge in [-0.3, -0.25) is 0 Å². The van der Waals surface area contributed by atoms with E-state index >= 15 is 0 Å². The molecule has 0 unspecified atom stereocenters. The molecule has 0 saturated carbocycles. The number of alkyl halides is 1. The molecule has 1 nitrogen and oxygen atoms in total. The molecule has 0 N–H and O–H groups in total. The van der Waals surface area contributed by atoms with Crippen molar-refractivity contribution in [2.45, 2.75) is 25.1 Å². The highest BCUT2D eigenvalue weighted by atomic mass is 35.5. The normalized spacial score (nSPS) is 12.7. The lowest BCUT2D eigenvalue weighted by atomic mass is 10.3. The quantitative estimate of drug-likeness (QED) is 0.507. The first-order valence-corrected chi connectivity index (χ1v) is 2.76. The van der Waals surface area contributed by atoms with Crippen LogP contribution in [-0.2, 0) is 0 Å². The van der Waals surface area contributed by atoms with Gasteiger partial charge in [-0.1, -0.05) is 6.92 Å². The van der Waals surface area contributed by atoms with Gasteiger partial charge in [-0.2, -0.15) is 5.26 Å². The maximum absolute atomic E-state index is 8.03. The number of halogens is 1. The molecule has 0 heterocycles. The Morgan fingerprint density at radius 2 is 2.43 bits per heavy atom. The summed E-state index contributed by atoms with van der Waals surface area (Å²) in [5.41, 5.74) is 0. The first-order chi connectivity index (χ1) is 3.31. The van der Waals surface area contributed by atoms with Crippen molar-refractivity contribution >= 4 is 11.6 Å². The van der Waals surface area contributed by atoms with Crippen LogP contribution in [0.15, 0.2) is 0 Å². The summed E-state index contributed by atoms with van der Waals surface area (Å²) in [6.45, 7) is 1.97. The molecule has 0 rings (SSSR count). The fourth-order valence-corrected chi connectivity index (χ4v) is 0.312. The average molecular weight is 118 g/mol. The van der Waals surface area contributed by atoms with Gasteiger partial charge in [0.25, 0.3) is 0 Å². The van der Waals surface area contributed by atoms with Gasteiger partial charge in [-0.15, -0.1) is 11.6 Å². The lowest BCUT2D eigenvalue weighted by Gasteiger charge is -1.93. The van der Waals surface area contributed by atoms with Crippen LogP contribution >= 0.6 is 11.6 Å². The van der Waals surface area contributed by atoms with Crippen LogP contribution in [0.3, 0.4) is 0 Å². The Morgan fingerprint density at radius 3 is 2.57 bits per heavy atom. The number of hydrogen-bond donors (Lipinski definition) is 0. The van der Waals surface area contributed by atoms with Crippen LogP contribution in [0.1, 0.15) is 19.8 Å². The number of hydrogen-bond acceptors (Lipinski definition) is 1. The van der Waals surface area contributed by atoms with Gasteiger partial charge in [0.2, 0.25) is 0 Å². The summed E-state index contributed by atoms with van der Waals surface area (Å²) in [4.78, 5) is 0. The van der Waals surface area contributed by atoms with Crippen molar-refractivity contribution in [1.29, 1.82) is 5.26 Å². The Kier molecular flexibility index (Phi) is 3.83. The number of nitriles is 1. The Morgan fingerprint density at radius 1 is 1.86 bits per heavy atom. The third kappa shape index (κ3) is 3.61. The second-order valence-corrected chi connectivity index (χ2v) is 1.98. The van der Waals surface area contributed by atoms with Crippen molar-refractivity contribution < 1.29 is 0 Å². The predicted molar refractivity (Wildman–Crippen MR) is 30.2 cm³/mol. The van der Waals surface area contributed by atoms with Crippen LogP contribution in [-0.4, -0.2) is 5.38 Å². The van der Waals surface area contributed by atoms with Crippen molar-refractivity contribution in [3.63, 3.8) is 0 Å². The van der Waals surface area contributed by atoms with E-state index in [1.165, 1.54) is 0 Å². The molecule has 7 heavy (non-hydrogen) atoms. The highest BCUT2D eigenvalue weighted by Crippen LogP contribution is 2.03. The Bertz CT molecular complexity index is 74.6. The highest BCUT2D eigenvalue weighted by molar-refractivity contribution is 6.20. The summed E-state index contributed by atoms with van der Waals surface area (Å²) in [5.74, 6) is 0. The van der Waals surface area contributed by atoms with Crippen LogP contribution < -0.4 is 0 Å².